The number of hydrogen-bond acceptors (Lipinski definition) is 0. The quantitative estimate of drug-likeness (QED) is 0.0732. The van der Waals surface area contributed by atoms with Crippen LogP contribution < -0.4 is 4.57 Å². The lowest BCUT2D eigenvalue weighted by atomic mass is 9.93. The van der Waals surface area contributed by atoms with Crippen LogP contribution in [0.2, 0.25) is 0 Å². The van der Waals surface area contributed by atoms with Crippen molar-refractivity contribution in [1.82, 2.24) is 4.98 Å². The first-order chi connectivity index (χ1) is 19.2. The van der Waals surface area contributed by atoms with Crippen molar-refractivity contribution in [2.24, 2.45) is 0 Å². The van der Waals surface area contributed by atoms with Gasteiger partial charge in [0.25, 0.3) is 5.82 Å². The number of hydrogen-bond donors (Lipinski definition) is 1. The number of nitrogens with zero attached hydrogens (tertiary/aromatic N) is 1. The summed E-state index contributed by atoms with van der Waals surface area (Å²) in [6.45, 7) is 9.41. The lowest BCUT2D eigenvalue weighted by Gasteiger charge is -2.17. The number of unbranched alkanes of at least 4 members (excludes halogenated alkanes) is 22. The molecule has 2 nitrogen and oxygen atoms in total. The van der Waals surface area contributed by atoms with Crippen LogP contribution in [0, 0.1) is 0 Å². The molecule has 1 rings (SSSR count). The monoisotopic (exact) mass is 546 g/mol. The Kier molecular flexibility index (Phi) is 25.4. The summed E-state index contributed by atoms with van der Waals surface area (Å²) in [4.78, 5) is 3.71. The van der Waals surface area contributed by atoms with Crippen molar-refractivity contribution >= 4 is 0 Å². The van der Waals surface area contributed by atoms with E-state index in [2.05, 4.69) is 49.6 Å². The first-order valence-electron chi connectivity index (χ1n) is 18.3. The van der Waals surface area contributed by atoms with E-state index >= 15 is 0 Å². The molecule has 39 heavy (non-hydrogen) atoms. The predicted octanol–water partition coefficient (Wildman–Crippen LogP) is 12.9. The van der Waals surface area contributed by atoms with Gasteiger partial charge < -0.3 is 0 Å². The number of nitrogens with one attached hydrogen (secondary N) is 1. The van der Waals surface area contributed by atoms with Gasteiger partial charge in [-0.3, -0.25) is 0 Å². The molecule has 0 spiro atoms. The SMILES string of the molecule is CCCCCCCCCCCCCCCCC(C)[n+]1cc[nH]c1C(CCCCCC)CCCCCCCCC. The zero-order valence-electron chi connectivity index (χ0n) is 27.6. The Balaban J connectivity index is 2.28. The Bertz CT molecular complexity index is 606. The maximum atomic E-state index is 3.71. The van der Waals surface area contributed by atoms with Gasteiger partial charge in [-0.05, 0) is 32.6 Å². The summed E-state index contributed by atoms with van der Waals surface area (Å²) in [6.07, 6.45) is 44.2. The third-order valence-electron chi connectivity index (χ3n) is 9.14. The summed E-state index contributed by atoms with van der Waals surface area (Å²) in [6, 6.07) is 0.621. The number of H-pyrrole nitrogens is 1. The van der Waals surface area contributed by atoms with Crippen LogP contribution in [-0.4, -0.2) is 4.98 Å². The minimum atomic E-state index is 0.621. The van der Waals surface area contributed by atoms with Crippen molar-refractivity contribution in [3.8, 4) is 0 Å². The third-order valence-corrected chi connectivity index (χ3v) is 9.14. The zero-order valence-corrected chi connectivity index (χ0v) is 27.6. The van der Waals surface area contributed by atoms with Gasteiger partial charge in [-0.15, -0.1) is 0 Å². The Morgan fingerprint density at radius 1 is 0.487 bits per heavy atom. The molecule has 2 unspecified atom stereocenters. The first-order valence-corrected chi connectivity index (χ1v) is 18.3. The Morgan fingerprint density at radius 3 is 1.23 bits per heavy atom. The maximum absolute atomic E-state index is 3.71. The van der Waals surface area contributed by atoms with Crippen molar-refractivity contribution in [1.29, 1.82) is 0 Å². The normalized spacial score (nSPS) is 13.2. The fourth-order valence-corrected chi connectivity index (χ4v) is 6.43. The molecule has 2 heteroatoms. The smallest absolute Gasteiger partial charge is 0.247 e. The fraction of sp³-hybridized carbons (Fsp3) is 0.919. The van der Waals surface area contributed by atoms with Crippen molar-refractivity contribution in [2.45, 2.75) is 219 Å². The molecule has 0 saturated carbocycles. The summed E-state index contributed by atoms with van der Waals surface area (Å²) < 4.78 is 2.62. The minimum Gasteiger partial charge on any atom is -0.247 e. The summed E-state index contributed by atoms with van der Waals surface area (Å²) in [7, 11) is 0. The molecule has 0 aliphatic carbocycles. The van der Waals surface area contributed by atoms with E-state index in [1.807, 2.05) is 0 Å². The molecule has 0 fully saturated rings. The molecule has 1 aromatic heterocycles. The van der Waals surface area contributed by atoms with Crippen LogP contribution in [0.3, 0.4) is 0 Å². The molecule has 0 radical (unpaired) electrons. The highest BCUT2D eigenvalue weighted by Crippen LogP contribution is 2.27. The van der Waals surface area contributed by atoms with E-state index in [1.54, 1.807) is 0 Å². The van der Waals surface area contributed by atoms with Crippen LogP contribution >= 0.6 is 0 Å². The van der Waals surface area contributed by atoms with Crippen LogP contribution in [0.15, 0.2) is 12.4 Å². The van der Waals surface area contributed by atoms with E-state index in [4.69, 9.17) is 0 Å². The fourth-order valence-electron chi connectivity index (χ4n) is 6.43. The second-order valence-electron chi connectivity index (χ2n) is 12.9. The van der Waals surface area contributed by atoms with E-state index < -0.39 is 0 Å². The van der Waals surface area contributed by atoms with Gasteiger partial charge in [0.15, 0.2) is 0 Å². The van der Waals surface area contributed by atoms with E-state index in [0.717, 1.165) is 0 Å². The zero-order chi connectivity index (χ0) is 28.2. The molecule has 0 bridgehead atoms. The topological polar surface area (TPSA) is 19.7 Å². The molecule has 0 saturated heterocycles. The van der Waals surface area contributed by atoms with Crippen molar-refractivity contribution in [3.63, 3.8) is 0 Å². The Hall–Kier alpha value is -0.790. The summed E-state index contributed by atoms with van der Waals surface area (Å²) in [5.41, 5.74) is 0. The van der Waals surface area contributed by atoms with Gasteiger partial charge in [-0.1, -0.05) is 175 Å². The molecule has 0 aromatic carbocycles. The second-order valence-corrected chi connectivity index (χ2v) is 12.9. The van der Waals surface area contributed by atoms with Crippen LogP contribution in [0.25, 0.3) is 0 Å². The van der Waals surface area contributed by atoms with Gasteiger partial charge in [0, 0.05) is 0 Å². The lowest BCUT2D eigenvalue weighted by Crippen LogP contribution is -2.41. The van der Waals surface area contributed by atoms with Gasteiger partial charge in [0.05, 0.1) is 12.0 Å². The number of aromatic amines is 1. The highest BCUT2D eigenvalue weighted by Gasteiger charge is 2.25. The van der Waals surface area contributed by atoms with Crippen LogP contribution in [0.1, 0.15) is 225 Å². The molecular formula is C37H73N2+. The van der Waals surface area contributed by atoms with Gasteiger partial charge in [0.1, 0.15) is 12.4 Å². The highest BCUT2D eigenvalue weighted by molar-refractivity contribution is 4.90. The molecule has 1 aromatic rings. The maximum Gasteiger partial charge on any atom is 0.257 e. The van der Waals surface area contributed by atoms with Gasteiger partial charge >= 0.3 is 0 Å². The van der Waals surface area contributed by atoms with E-state index in [-0.39, 0.29) is 0 Å². The van der Waals surface area contributed by atoms with Crippen molar-refractivity contribution in [2.75, 3.05) is 0 Å². The van der Waals surface area contributed by atoms with Crippen LogP contribution in [0.4, 0.5) is 0 Å². The van der Waals surface area contributed by atoms with Gasteiger partial charge in [0.2, 0.25) is 0 Å². The molecule has 230 valence electrons. The van der Waals surface area contributed by atoms with Crippen LogP contribution in [-0.2, 0) is 0 Å². The second kappa shape index (κ2) is 27.4. The summed E-state index contributed by atoms with van der Waals surface area (Å²) in [5, 5.41) is 0. The average molecular weight is 546 g/mol. The molecule has 2 atom stereocenters. The average Bonchev–Trinajstić information content (AvgIpc) is 3.44. The predicted molar refractivity (Wildman–Crippen MR) is 175 cm³/mol. The standard InChI is InChI=1S/C37H72N2/c1-5-8-11-14-16-17-18-19-20-21-22-24-25-27-30-35(4)39-34-33-38-37(39)36(31-28-13-10-7-3)32-29-26-23-15-12-9-6-2/h33-36H,5-32H2,1-4H3/p+1. The van der Waals surface area contributed by atoms with Gasteiger partial charge in [-0.2, -0.15) is 0 Å². The highest BCUT2D eigenvalue weighted by atomic mass is 15.1. The molecule has 1 N–H and O–H groups in total. The molecular weight excluding hydrogens is 472 g/mol. The molecule has 0 amide bonds. The first kappa shape index (κ1) is 36.2. The number of imidazole rings is 1. The van der Waals surface area contributed by atoms with Crippen LogP contribution in [0.5, 0.6) is 0 Å². The Morgan fingerprint density at radius 2 is 0.821 bits per heavy atom. The van der Waals surface area contributed by atoms with E-state index in [1.165, 1.54) is 186 Å². The van der Waals surface area contributed by atoms with E-state index in [0.29, 0.717) is 12.0 Å². The molecule has 1 heterocycles. The molecule has 0 aliphatic rings. The van der Waals surface area contributed by atoms with Crippen molar-refractivity contribution < 1.29 is 4.57 Å². The Labute approximate surface area is 246 Å². The van der Waals surface area contributed by atoms with Crippen molar-refractivity contribution in [3.05, 3.63) is 18.2 Å². The minimum absolute atomic E-state index is 0.621. The lowest BCUT2D eigenvalue weighted by molar-refractivity contribution is -0.727. The number of aromatic nitrogens is 2. The summed E-state index contributed by atoms with van der Waals surface area (Å²) in [5.74, 6) is 2.24. The number of rotatable bonds is 30. The third kappa shape index (κ3) is 19.8. The largest absolute Gasteiger partial charge is 0.257 e. The van der Waals surface area contributed by atoms with Gasteiger partial charge in [-0.25, -0.2) is 9.55 Å². The van der Waals surface area contributed by atoms with E-state index in [9.17, 15) is 0 Å². The summed E-state index contributed by atoms with van der Waals surface area (Å²) >= 11 is 0. The molecule has 0 aliphatic heterocycles.